The van der Waals surface area contributed by atoms with E-state index in [-0.39, 0.29) is 5.75 Å². The van der Waals surface area contributed by atoms with E-state index in [4.69, 9.17) is 14.0 Å². The number of quaternary nitrogens is 1. The van der Waals surface area contributed by atoms with Crippen LogP contribution in [0.3, 0.4) is 0 Å². The lowest BCUT2D eigenvalue weighted by atomic mass is 9.68. The lowest BCUT2D eigenvalue weighted by Gasteiger charge is -2.45. The highest BCUT2D eigenvalue weighted by atomic mass is 16.8. The van der Waals surface area contributed by atoms with Gasteiger partial charge >= 0.3 is 6.75 Å². The second kappa shape index (κ2) is 6.12. The third-order valence-electron chi connectivity index (χ3n) is 4.14. The molecule has 0 spiro atoms. The maximum atomic E-state index is 9.85. The van der Waals surface area contributed by atoms with Gasteiger partial charge in [0.05, 0.1) is 11.4 Å². The van der Waals surface area contributed by atoms with Crippen molar-refractivity contribution in [3.8, 4) is 11.5 Å². The molecule has 25 heavy (non-hydrogen) atoms. The van der Waals surface area contributed by atoms with E-state index in [2.05, 4.69) is 4.99 Å². The van der Waals surface area contributed by atoms with Crippen molar-refractivity contribution in [2.24, 2.45) is 4.99 Å². The number of hydrogen-bond donors (Lipinski definition) is 2. The molecular weight excluding hydrogens is 319 g/mol. The Kier molecular flexibility index (Phi) is 3.80. The van der Waals surface area contributed by atoms with Crippen molar-refractivity contribution >= 4 is 23.7 Å². The minimum atomic E-state index is -2.19. The zero-order valence-corrected chi connectivity index (χ0v) is 13.6. The molecule has 0 aromatic heterocycles. The van der Waals surface area contributed by atoms with Crippen molar-refractivity contribution in [1.29, 1.82) is 0 Å². The second-order valence-corrected chi connectivity index (χ2v) is 5.75. The summed E-state index contributed by atoms with van der Waals surface area (Å²) in [5, 5.41) is 11.6. The van der Waals surface area contributed by atoms with E-state index in [1.54, 1.807) is 29.7 Å². The van der Waals surface area contributed by atoms with Crippen molar-refractivity contribution in [1.82, 2.24) is 0 Å². The Morgan fingerprint density at radius 3 is 2.72 bits per heavy atom. The third kappa shape index (κ3) is 2.80. The molecule has 1 unspecified atom stereocenters. The largest absolute Gasteiger partial charge is 0.654 e. The standard InChI is InChI=1S/C18H16BN2O4/c1-23-19-18(21-15-7-3-5-9-17(15)25-19)11-10-13(24-19)12-20-14-6-2-4-8-16(14)22/h2-12,20,22H,1H3/q-1/p+1/b13-12+. The van der Waals surface area contributed by atoms with Crippen molar-refractivity contribution in [3.05, 3.63) is 72.6 Å². The van der Waals surface area contributed by atoms with Crippen LogP contribution in [0, 0.1) is 0 Å². The highest BCUT2D eigenvalue weighted by Crippen LogP contribution is 2.37. The Bertz CT molecular complexity index is 909. The number of para-hydroxylation sites is 4. The number of phenolic OH excluding ortho intramolecular Hbond substituents is 1. The number of benzene rings is 2. The average molecular weight is 336 g/mol. The van der Waals surface area contributed by atoms with Crippen LogP contribution in [0.5, 0.6) is 11.5 Å². The van der Waals surface area contributed by atoms with E-state index >= 15 is 0 Å². The SMILES string of the molecule is CO[B-]12O/C(=C/[NH2+]c3ccccc3O)C=CC1=Nc1ccccc1O2. The molecule has 2 aromatic carbocycles. The van der Waals surface area contributed by atoms with Crippen LogP contribution in [-0.2, 0) is 9.31 Å². The predicted octanol–water partition coefficient (Wildman–Crippen LogP) is 2.30. The van der Waals surface area contributed by atoms with E-state index in [0.29, 0.717) is 22.8 Å². The summed E-state index contributed by atoms with van der Waals surface area (Å²) in [4.78, 5) is 4.58. The summed E-state index contributed by atoms with van der Waals surface area (Å²) in [6.45, 7) is -2.19. The van der Waals surface area contributed by atoms with Gasteiger partial charge in [0.1, 0.15) is 12.0 Å². The van der Waals surface area contributed by atoms with Crippen molar-refractivity contribution in [2.75, 3.05) is 7.11 Å². The molecule has 0 aliphatic carbocycles. The predicted molar refractivity (Wildman–Crippen MR) is 94.9 cm³/mol. The Hall–Kier alpha value is -3.03. The Balaban J connectivity index is 1.64. The molecule has 126 valence electrons. The summed E-state index contributed by atoms with van der Waals surface area (Å²) in [5.41, 5.74) is 2.04. The quantitative estimate of drug-likeness (QED) is 0.512. The monoisotopic (exact) mass is 336 g/mol. The topological polar surface area (TPSA) is 76.9 Å². The normalized spacial score (nSPS) is 22.4. The first-order chi connectivity index (χ1) is 12.2. The number of nitrogens with zero attached hydrogens (tertiary/aromatic N) is 1. The van der Waals surface area contributed by atoms with Crippen LogP contribution >= 0.6 is 0 Å². The lowest BCUT2D eigenvalue weighted by Crippen LogP contribution is -2.71. The van der Waals surface area contributed by atoms with Crippen LogP contribution in [0.2, 0.25) is 0 Å². The molecule has 0 amide bonds. The lowest BCUT2D eigenvalue weighted by molar-refractivity contribution is -0.499. The summed E-state index contributed by atoms with van der Waals surface area (Å²) < 4.78 is 17.6. The molecular formula is C18H17BN2O4. The average Bonchev–Trinajstić information content (AvgIpc) is 2.65. The molecule has 0 bridgehead atoms. The number of nitrogens with two attached hydrogens (primary N) is 1. The molecule has 2 aliphatic heterocycles. The minimum Gasteiger partial charge on any atom is -0.654 e. The Labute approximate surface area is 145 Å². The number of aromatic hydroxyl groups is 1. The van der Waals surface area contributed by atoms with Gasteiger partial charge in [0.2, 0.25) is 0 Å². The summed E-state index contributed by atoms with van der Waals surface area (Å²) in [6, 6.07) is 14.6. The molecule has 4 rings (SSSR count). The van der Waals surface area contributed by atoms with Crippen molar-refractivity contribution < 1.29 is 24.4 Å². The zero-order valence-electron chi connectivity index (χ0n) is 13.6. The van der Waals surface area contributed by atoms with Gasteiger partial charge in [-0.3, -0.25) is 10.3 Å². The minimum absolute atomic E-state index is 0.205. The van der Waals surface area contributed by atoms with Gasteiger partial charge in [-0.15, -0.1) is 0 Å². The van der Waals surface area contributed by atoms with E-state index in [9.17, 15) is 5.11 Å². The molecule has 1 atom stereocenters. The Morgan fingerprint density at radius 1 is 1.08 bits per heavy atom. The number of allylic oxidation sites excluding steroid dienone is 2. The van der Waals surface area contributed by atoms with E-state index in [0.717, 1.165) is 5.69 Å². The third-order valence-corrected chi connectivity index (χ3v) is 4.14. The number of aliphatic imine (C=N–C) groups is 1. The van der Waals surface area contributed by atoms with Gasteiger partial charge in [0.15, 0.2) is 11.4 Å². The fourth-order valence-corrected chi connectivity index (χ4v) is 2.83. The fraction of sp³-hybridized carbons (Fsp3) is 0.0556. The van der Waals surface area contributed by atoms with Crippen LogP contribution in [0.15, 0.2) is 77.6 Å². The fourth-order valence-electron chi connectivity index (χ4n) is 2.83. The van der Waals surface area contributed by atoms with Gasteiger partial charge in [-0.2, -0.15) is 0 Å². The zero-order chi connectivity index (χ0) is 17.3. The maximum absolute atomic E-state index is 9.85. The van der Waals surface area contributed by atoms with Gasteiger partial charge in [0, 0.05) is 6.07 Å². The molecule has 2 heterocycles. The van der Waals surface area contributed by atoms with Crippen molar-refractivity contribution in [2.45, 2.75) is 0 Å². The number of rotatable bonds is 3. The van der Waals surface area contributed by atoms with Crippen molar-refractivity contribution in [3.63, 3.8) is 0 Å². The first-order valence-electron chi connectivity index (χ1n) is 7.96. The second-order valence-electron chi connectivity index (χ2n) is 5.75. The molecule has 6 nitrogen and oxygen atoms in total. The highest BCUT2D eigenvalue weighted by molar-refractivity contribution is 6.96. The van der Waals surface area contributed by atoms with Gasteiger partial charge < -0.3 is 19.1 Å². The van der Waals surface area contributed by atoms with Crippen LogP contribution in [0.1, 0.15) is 0 Å². The van der Waals surface area contributed by atoms with Crippen LogP contribution < -0.4 is 9.97 Å². The van der Waals surface area contributed by atoms with Crippen LogP contribution in [0.25, 0.3) is 0 Å². The summed E-state index contributed by atoms with van der Waals surface area (Å²) in [5.74, 6) is 1.38. The smallest absolute Gasteiger partial charge is 0.541 e. The first-order valence-corrected chi connectivity index (χ1v) is 7.96. The van der Waals surface area contributed by atoms with Gasteiger partial charge in [-0.05, 0) is 37.0 Å². The Morgan fingerprint density at radius 2 is 1.88 bits per heavy atom. The molecule has 0 saturated heterocycles. The molecule has 2 aromatic rings. The van der Waals surface area contributed by atoms with E-state index < -0.39 is 6.75 Å². The molecule has 0 saturated carbocycles. The molecule has 2 aliphatic rings. The summed E-state index contributed by atoms with van der Waals surface area (Å²) in [6.07, 6.45) is 5.38. The summed E-state index contributed by atoms with van der Waals surface area (Å²) in [7, 11) is 1.53. The highest BCUT2D eigenvalue weighted by Gasteiger charge is 2.43. The summed E-state index contributed by atoms with van der Waals surface area (Å²) >= 11 is 0. The van der Waals surface area contributed by atoms with E-state index in [1.165, 1.54) is 7.11 Å². The molecule has 0 fully saturated rings. The van der Waals surface area contributed by atoms with Crippen LogP contribution in [0.4, 0.5) is 11.4 Å². The van der Waals surface area contributed by atoms with Gasteiger partial charge in [-0.25, -0.2) is 0 Å². The van der Waals surface area contributed by atoms with Gasteiger partial charge in [0.25, 0.3) is 0 Å². The number of fused-ring (bicyclic) bond motifs is 2. The first kappa shape index (κ1) is 15.5. The van der Waals surface area contributed by atoms with E-state index in [1.807, 2.05) is 42.5 Å². The molecule has 7 heteroatoms. The molecule has 3 N–H and O–H groups in total. The van der Waals surface area contributed by atoms with Crippen LogP contribution in [-0.4, -0.2) is 24.6 Å². The maximum Gasteiger partial charge on any atom is 0.541 e. The number of hydrogen-bond acceptors (Lipinski definition) is 5. The molecule has 0 radical (unpaired) electrons. The van der Waals surface area contributed by atoms with Gasteiger partial charge in [-0.1, -0.05) is 30.3 Å². The number of phenols is 1.